The summed E-state index contributed by atoms with van der Waals surface area (Å²) in [5, 5.41) is 14.4. The molecule has 0 heterocycles. The minimum absolute atomic E-state index is 0.0505. The Balaban J connectivity index is 2.18. The molecular formula is C13H22N2O4. The fourth-order valence-electron chi connectivity index (χ4n) is 2.10. The summed E-state index contributed by atoms with van der Waals surface area (Å²) in [5.41, 5.74) is 0. The Bertz CT molecular complexity index is 333. The van der Waals surface area contributed by atoms with E-state index < -0.39 is 5.97 Å². The first-order valence-electron chi connectivity index (χ1n) is 6.52. The Morgan fingerprint density at radius 3 is 2.84 bits per heavy atom. The van der Waals surface area contributed by atoms with Crippen molar-refractivity contribution >= 4 is 12.0 Å². The SMILES string of the molecule is C=CCOC(C)CNC(=O)NC1CCC(C(=O)O)C1. The van der Waals surface area contributed by atoms with Crippen molar-refractivity contribution in [3.63, 3.8) is 0 Å². The first-order valence-corrected chi connectivity index (χ1v) is 6.52. The molecule has 0 spiro atoms. The molecule has 1 fully saturated rings. The highest BCUT2D eigenvalue weighted by molar-refractivity contribution is 5.75. The molecule has 3 unspecified atom stereocenters. The number of rotatable bonds is 7. The van der Waals surface area contributed by atoms with Crippen molar-refractivity contribution in [1.29, 1.82) is 0 Å². The monoisotopic (exact) mass is 270 g/mol. The van der Waals surface area contributed by atoms with E-state index >= 15 is 0 Å². The third kappa shape index (κ3) is 5.74. The molecule has 3 N–H and O–H groups in total. The van der Waals surface area contributed by atoms with Crippen LogP contribution in [0.15, 0.2) is 12.7 Å². The van der Waals surface area contributed by atoms with Crippen LogP contribution >= 0.6 is 0 Å². The van der Waals surface area contributed by atoms with Crippen molar-refractivity contribution in [2.75, 3.05) is 13.2 Å². The summed E-state index contributed by atoms with van der Waals surface area (Å²) in [5.74, 6) is -1.11. The van der Waals surface area contributed by atoms with E-state index in [1.54, 1.807) is 6.08 Å². The Hall–Kier alpha value is -1.56. The Kier molecular flexibility index (Phi) is 6.35. The molecule has 0 aromatic rings. The van der Waals surface area contributed by atoms with Crippen molar-refractivity contribution in [3.05, 3.63) is 12.7 Å². The fraction of sp³-hybridized carbons (Fsp3) is 0.692. The molecule has 0 aromatic carbocycles. The molecule has 1 aliphatic rings. The molecule has 0 bridgehead atoms. The lowest BCUT2D eigenvalue weighted by Crippen LogP contribution is -2.43. The minimum atomic E-state index is -0.781. The van der Waals surface area contributed by atoms with Crippen molar-refractivity contribution in [3.8, 4) is 0 Å². The normalized spacial score (nSPS) is 23.6. The van der Waals surface area contributed by atoms with Crippen LogP contribution in [-0.4, -0.2) is 42.4 Å². The Labute approximate surface area is 113 Å². The summed E-state index contributed by atoms with van der Waals surface area (Å²) in [6.07, 6.45) is 3.41. The second kappa shape index (κ2) is 7.78. The largest absolute Gasteiger partial charge is 0.481 e. The van der Waals surface area contributed by atoms with Crippen LogP contribution in [0.4, 0.5) is 4.79 Å². The first-order chi connectivity index (χ1) is 9.02. The van der Waals surface area contributed by atoms with E-state index in [2.05, 4.69) is 17.2 Å². The van der Waals surface area contributed by atoms with E-state index in [4.69, 9.17) is 9.84 Å². The summed E-state index contributed by atoms with van der Waals surface area (Å²) in [6.45, 7) is 6.27. The van der Waals surface area contributed by atoms with Crippen LogP contribution in [0.5, 0.6) is 0 Å². The van der Waals surface area contributed by atoms with E-state index in [-0.39, 0.29) is 24.1 Å². The molecular weight excluding hydrogens is 248 g/mol. The predicted octanol–water partition coefficient (Wildman–Crippen LogP) is 1.13. The zero-order chi connectivity index (χ0) is 14.3. The lowest BCUT2D eigenvalue weighted by molar-refractivity contribution is -0.141. The van der Waals surface area contributed by atoms with Gasteiger partial charge in [0.15, 0.2) is 0 Å². The van der Waals surface area contributed by atoms with Crippen molar-refractivity contribution in [2.24, 2.45) is 5.92 Å². The molecule has 1 aliphatic carbocycles. The van der Waals surface area contributed by atoms with E-state index in [0.717, 1.165) is 0 Å². The average Bonchev–Trinajstić information content (AvgIpc) is 2.82. The second-order valence-corrected chi connectivity index (χ2v) is 4.83. The Morgan fingerprint density at radius 1 is 1.53 bits per heavy atom. The summed E-state index contributed by atoms with van der Waals surface area (Å²) >= 11 is 0. The Morgan fingerprint density at radius 2 is 2.26 bits per heavy atom. The predicted molar refractivity (Wildman–Crippen MR) is 70.9 cm³/mol. The lowest BCUT2D eigenvalue weighted by atomic mass is 10.1. The van der Waals surface area contributed by atoms with Crippen molar-refractivity contribution < 1.29 is 19.4 Å². The average molecular weight is 270 g/mol. The highest BCUT2D eigenvalue weighted by Crippen LogP contribution is 2.25. The first kappa shape index (κ1) is 15.5. The summed E-state index contributed by atoms with van der Waals surface area (Å²) in [4.78, 5) is 22.4. The van der Waals surface area contributed by atoms with Gasteiger partial charge in [-0.25, -0.2) is 4.79 Å². The van der Waals surface area contributed by atoms with Crippen LogP contribution in [0.1, 0.15) is 26.2 Å². The van der Waals surface area contributed by atoms with Crippen LogP contribution < -0.4 is 10.6 Å². The summed E-state index contributed by atoms with van der Waals surface area (Å²) < 4.78 is 5.32. The zero-order valence-electron chi connectivity index (χ0n) is 11.2. The lowest BCUT2D eigenvalue weighted by Gasteiger charge is -2.16. The van der Waals surface area contributed by atoms with Crippen LogP contribution in [0, 0.1) is 5.92 Å². The van der Waals surface area contributed by atoms with Crippen LogP contribution in [0.25, 0.3) is 0 Å². The quantitative estimate of drug-likeness (QED) is 0.605. The third-order valence-electron chi connectivity index (χ3n) is 3.17. The van der Waals surface area contributed by atoms with Gasteiger partial charge in [0.1, 0.15) is 0 Å². The van der Waals surface area contributed by atoms with Gasteiger partial charge in [0.05, 0.1) is 18.6 Å². The number of urea groups is 1. The van der Waals surface area contributed by atoms with Crippen LogP contribution in [-0.2, 0) is 9.53 Å². The van der Waals surface area contributed by atoms with Gasteiger partial charge in [0.2, 0.25) is 0 Å². The molecule has 6 heteroatoms. The number of carbonyl (C=O) groups excluding carboxylic acids is 1. The maximum atomic E-state index is 11.6. The number of carbonyl (C=O) groups is 2. The number of carboxylic acids is 1. The molecule has 0 aliphatic heterocycles. The van der Waals surface area contributed by atoms with Gasteiger partial charge < -0.3 is 20.5 Å². The fourth-order valence-corrected chi connectivity index (χ4v) is 2.10. The minimum Gasteiger partial charge on any atom is -0.481 e. The van der Waals surface area contributed by atoms with Crippen molar-refractivity contribution in [2.45, 2.75) is 38.3 Å². The summed E-state index contributed by atoms with van der Waals surface area (Å²) in [7, 11) is 0. The smallest absolute Gasteiger partial charge is 0.315 e. The molecule has 1 rings (SSSR count). The number of hydrogen-bond acceptors (Lipinski definition) is 3. The van der Waals surface area contributed by atoms with Gasteiger partial charge in [0, 0.05) is 12.6 Å². The van der Waals surface area contributed by atoms with E-state index in [1.165, 1.54) is 0 Å². The zero-order valence-corrected chi connectivity index (χ0v) is 11.2. The molecule has 6 nitrogen and oxygen atoms in total. The number of carboxylic acid groups (broad SMARTS) is 1. The van der Waals surface area contributed by atoms with Gasteiger partial charge >= 0.3 is 12.0 Å². The van der Waals surface area contributed by atoms with E-state index in [0.29, 0.717) is 32.4 Å². The number of ether oxygens (including phenoxy) is 1. The van der Waals surface area contributed by atoms with Gasteiger partial charge in [-0.3, -0.25) is 4.79 Å². The van der Waals surface area contributed by atoms with Crippen LogP contribution in [0.2, 0.25) is 0 Å². The molecule has 108 valence electrons. The number of aliphatic carboxylic acids is 1. The standard InChI is InChI=1S/C13H22N2O4/c1-3-6-19-9(2)8-14-13(18)15-11-5-4-10(7-11)12(16)17/h3,9-11H,1,4-8H2,2H3,(H,16,17)(H2,14,15,18). The number of nitrogens with one attached hydrogen (secondary N) is 2. The van der Waals surface area contributed by atoms with Crippen molar-refractivity contribution in [1.82, 2.24) is 10.6 Å². The summed E-state index contributed by atoms with van der Waals surface area (Å²) in [6, 6.07) is -0.324. The highest BCUT2D eigenvalue weighted by Gasteiger charge is 2.30. The topological polar surface area (TPSA) is 87.7 Å². The molecule has 0 aromatic heterocycles. The molecule has 0 saturated heterocycles. The van der Waals surface area contributed by atoms with Gasteiger partial charge in [-0.05, 0) is 26.2 Å². The molecule has 0 radical (unpaired) electrons. The van der Waals surface area contributed by atoms with Gasteiger partial charge in [-0.2, -0.15) is 0 Å². The third-order valence-corrected chi connectivity index (χ3v) is 3.17. The van der Waals surface area contributed by atoms with Gasteiger partial charge in [0.25, 0.3) is 0 Å². The maximum Gasteiger partial charge on any atom is 0.315 e. The molecule has 3 atom stereocenters. The van der Waals surface area contributed by atoms with Gasteiger partial charge in [-0.15, -0.1) is 6.58 Å². The van der Waals surface area contributed by atoms with Gasteiger partial charge in [-0.1, -0.05) is 6.08 Å². The molecule has 2 amide bonds. The maximum absolute atomic E-state index is 11.6. The molecule has 1 saturated carbocycles. The second-order valence-electron chi connectivity index (χ2n) is 4.83. The highest BCUT2D eigenvalue weighted by atomic mass is 16.5. The van der Waals surface area contributed by atoms with E-state index in [9.17, 15) is 9.59 Å². The number of amides is 2. The van der Waals surface area contributed by atoms with E-state index in [1.807, 2.05) is 6.92 Å². The number of hydrogen-bond donors (Lipinski definition) is 3. The van der Waals surface area contributed by atoms with Crippen LogP contribution in [0.3, 0.4) is 0 Å². The molecule has 19 heavy (non-hydrogen) atoms.